The third-order valence-electron chi connectivity index (χ3n) is 8.85. The fourth-order valence-corrected chi connectivity index (χ4v) is 9.09. The van der Waals surface area contributed by atoms with Crippen molar-refractivity contribution in [2.45, 2.75) is 62.0 Å². The number of esters is 1. The Labute approximate surface area is 241 Å². The van der Waals surface area contributed by atoms with E-state index in [2.05, 4.69) is 30.9 Å². The SMILES string of the molecule is CCN(CC)c1ccc(N2CC=C[C@]34S[C@]5(C)/C=C\CCCOC(=O)[C@@H]5[C@H]3C(=O)N(CCCCO)C4C2=O)cc1. The first kappa shape index (κ1) is 28.7. The second-order valence-electron chi connectivity index (χ2n) is 11.2. The number of rotatable bonds is 8. The molecular formula is C31H41N3O5S. The lowest BCUT2D eigenvalue weighted by Gasteiger charge is -2.37. The number of nitrogens with zero attached hydrogens (tertiary/aromatic N) is 3. The van der Waals surface area contributed by atoms with Crippen LogP contribution in [-0.2, 0) is 19.1 Å². The fourth-order valence-electron chi connectivity index (χ4n) is 6.93. The van der Waals surface area contributed by atoms with E-state index in [9.17, 15) is 19.5 Å². The van der Waals surface area contributed by atoms with E-state index in [1.54, 1.807) is 21.6 Å². The van der Waals surface area contributed by atoms with Crippen LogP contribution in [0, 0.1) is 11.8 Å². The van der Waals surface area contributed by atoms with Gasteiger partial charge in [-0.15, -0.1) is 11.8 Å². The van der Waals surface area contributed by atoms with Crippen LogP contribution >= 0.6 is 11.8 Å². The number of benzene rings is 1. The van der Waals surface area contributed by atoms with Crippen LogP contribution in [0.15, 0.2) is 48.6 Å². The minimum Gasteiger partial charge on any atom is -0.465 e. The largest absolute Gasteiger partial charge is 0.465 e. The van der Waals surface area contributed by atoms with Gasteiger partial charge in [-0.1, -0.05) is 24.3 Å². The van der Waals surface area contributed by atoms with E-state index in [0.717, 1.165) is 37.3 Å². The summed E-state index contributed by atoms with van der Waals surface area (Å²) in [6.45, 7) is 9.11. The van der Waals surface area contributed by atoms with E-state index in [1.807, 2.05) is 43.3 Å². The number of allylic oxidation sites excluding steroid dienone is 1. The summed E-state index contributed by atoms with van der Waals surface area (Å²) in [5, 5.41) is 9.42. The molecule has 4 aliphatic rings. The summed E-state index contributed by atoms with van der Waals surface area (Å²) in [5.41, 5.74) is 1.88. The number of carbonyl (C=O) groups is 3. The summed E-state index contributed by atoms with van der Waals surface area (Å²) in [5.74, 6) is -2.07. The van der Waals surface area contributed by atoms with Crippen molar-refractivity contribution in [1.29, 1.82) is 0 Å². The highest BCUT2D eigenvalue weighted by Gasteiger charge is 2.73. The number of unbranched alkanes of at least 4 members (excludes halogenated alkanes) is 1. The van der Waals surface area contributed by atoms with E-state index >= 15 is 0 Å². The Morgan fingerprint density at radius 2 is 1.77 bits per heavy atom. The number of carbonyl (C=O) groups excluding carboxylic acids is 3. The molecular weight excluding hydrogens is 526 g/mol. The summed E-state index contributed by atoms with van der Waals surface area (Å²) in [4.78, 5) is 48.0. The van der Waals surface area contributed by atoms with Crippen LogP contribution in [0.3, 0.4) is 0 Å². The number of likely N-dealkylation sites (tertiary alicyclic amines) is 1. The zero-order valence-electron chi connectivity index (χ0n) is 23.8. The summed E-state index contributed by atoms with van der Waals surface area (Å²) in [6.07, 6.45) is 10.8. The van der Waals surface area contributed by atoms with Crippen LogP contribution < -0.4 is 9.80 Å². The molecule has 40 heavy (non-hydrogen) atoms. The molecule has 1 aromatic carbocycles. The van der Waals surface area contributed by atoms with Gasteiger partial charge in [0, 0.05) is 48.9 Å². The first-order chi connectivity index (χ1) is 19.3. The van der Waals surface area contributed by atoms with E-state index in [0.29, 0.717) is 32.5 Å². The van der Waals surface area contributed by atoms with Crippen LogP contribution in [0.25, 0.3) is 0 Å². The standard InChI is InChI=1S/C31H41N3O5S/c1-4-32(5-2)22-12-14-23(15-13-22)33-19-11-17-31-24(27(36)34(18-8-9-20-35)26(31)28(33)37)25-29(38)39-21-10-6-7-16-30(25,3)40-31/h7,11-17,24-26,35H,4-6,8-10,18-21H2,1-3H3/b16-7-/t24-,25-,26?,30+,31-/m0/s1. The number of cyclic esters (lactones) is 1. The number of thioether (sulfide) groups is 1. The van der Waals surface area contributed by atoms with Crippen molar-refractivity contribution in [2.75, 3.05) is 49.2 Å². The van der Waals surface area contributed by atoms with Crippen molar-refractivity contribution < 1.29 is 24.2 Å². The van der Waals surface area contributed by atoms with Gasteiger partial charge in [0.05, 0.1) is 23.2 Å². The maximum Gasteiger partial charge on any atom is 0.311 e. The fraction of sp³-hybridized carbons (Fsp3) is 0.581. The Morgan fingerprint density at radius 1 is 1.02 bits per heavy atom. The van der Waals surface area contributed by atoms with Gasteiger partial charge in [-0.2, -0.15) is 0 Å². The predicted octanol–water partition coefficient (Wildman–Crippen LogP) is 3.79. The van der Waals surface area contributed by atoms with Crippen molar-refractivity contribution >= 4 is 40.9 Å². The van der Waals surface area contributed by atoms with Crippen molar-refractivity contribution in [2.24, 2.45) is 11.8 Å². The molecule has 1 spiro atoms. The van der Waals surface area contributed by atoms with Gasteiger partial charge in [-0.25, -0.2) is 0 Å². The lowest BCUT2D eigenvalue weighted by Crippen LogP contribution is -2.53. The summed E-state index contributed by atoms with van der Waals surface area (Å²) in [7, 11) is 0. The van der Waals surface area contributed by atoms with Crippen LogP contribution in [0.1, 0.15) is 46.5 Å². The zero-order chi connectivity index (χ0) is 28.5. The van der Waals surface area contributed by atoms with Gasteiger partial charge in [0.1, 0.15) is 6.04 Å². The molecule has 0 bridgehead atoms. The number of hydrogen-bond donors (Lipinski definition) is 1. The minimum atomic E-state index is -0.898. The molecule has 5 atom stereocenters. The monoisotopic (exact) mass is 567 g/mol. The number of anilines is 2. The molecule has 1 N–H and O–H groups in total. The number of hydrogen-bond acceptors (Lipinski definition) is 7. The molecule has 2 amide bonds. The summed E-state index contributed by atoms with van der Waals surface area (Å²) in [6, 6.07) is 7.27. The molecule has 1 aromatic rings. The number of aliphatic hydroxyl groups is 1. The molecule has 216 valence electrons. The van der Waals surface area contributed by atoms with Gasteiger partial charge in [-0.3, -0.25) is 14.4 Å². The highest BCUT2D eigenvalue weighted by atomic mass is 32.2. The van der Waals surface area contributed by atoms with Crippen molar-refractivity contribution in [3.63, 3.8) is 0 Å². The second-order valence-corrected chi connectivity index (χ2v) is 13.0. The minimum absolute atomic E-state index is 0.0205. The predicted molar refractivity (Wildman–Crippen MR) is 158 cm³/mol. The summed E-state index contributed by atoms with van der Waals surface area (Å²) < 4.78 is 4.11. The van der Waals surface area contributed by atoms with Crippen molar-refractivity contribution in [3.05, 3.63) is 48.6 Å². The van der Waals surface area contributed by atoms with Gasteiger partial charge in [-0.05, 0) is 70.7 Å². The molecule has 8 nitrogen and oxygen atoms in total. The number of ether oxygens (including phenoxy) is 1. The average molecular weight is 568 g/mol. The molecule has 0 aromatic heterocycles. The van der Waals surface area contributed by atoms with Crippen molar-refractivity contribution in [3.8, 4) is 0 Å². The van der Waals surface area contributed by atoms with Gasteiger partial charge in [0.2, 0.25) is 5.91 Å². The number of amides is 2. The lowest BCUT2D eigenvalue weighted by atomic mass is 9.74. The Morgan fingerprint density at radius 3 is 2.48 bits per heavy atom. The van der Waals surface area contributed by atoms with Gasteiger partial charge in [0.25, 0.3) is 5.91 Å². The lowest BCUT2D eigenvalue weighted by molar-refractivity contribution is -0.154. The molecule has 5 rings (SSSR count). The molecule has 2 saturated heterocycles. The second kappa shape index (κ2) is 11.6. The molecule has 1 unspecified atom stereocenters. The Kier molecular flexibility index (Phi) is 8.34. The Bertz CT molecular complexity index is 1180. The topological polar surface area (TPSA) is 90.4 Å². The Hall–Kier alpha value is -2.78. The number of fused-ring (bicyclic) bond motifs is 2. The van der Waals surface area contributed by atoms with Crippen LogP contribution in [0.4, 0.5) is 11.4 Å². The van der Waals surface area contributed by atoms with E-state index in [1.165, 1.54) is 0 Å². The maximum atomic E-state index is 14.6. The molecule has 0 aliphatic carbocycles. The molecule has 0 saturated carbocycles. The highest BCUT2D eigenvalue weighted by molar-refractivity contribution is 8.02. The third kappa shape index (κ3) is 4.75. The van der Waals surface area contributed by atoms with E-state index in [4.69, 9.17) is 4.74 Å². The van der Waals surface area contributed by atoms with Crippen LogP contribution in [0.5, 0.6) is 0 Å². The number of aliphatic hydroxyl groups excluding tert-OH is 1. The average Bonchev–Trinajstić information content (AvgIpc) is 3.29. The molecule has 0 radical (unpaired) electrons. The zero-order valence-corrected chi connectivity index (χ0v) is 24.6. The van der Waals surface area contributed by atoms with Crippen molar-refractivity contribution in [1.82, 2.24) is 4.90 Å². The smallest absolute Gasteiger partial charge is 0.311 e. The first-order valence-electron chi connectivity index (χ1n) is 14.6. The quantitative estimate of drug-likeness (QED) is 0.290. The normalized spacial score (nSPS) is 32.4. The van der Waals surface area contributed by atoms with Gasteiger partial charge in [0.15, 0.2) is 0 Å². The first-order valence-corrected chi connectivity index (χ1v) is 15.4. The third-order valence-corrected chi connectivity index (χ3v) is 10.6. The van der Waals surface area contributed by atoms with E-state index < -0.39 is 27.4 Å². The van der Waals surface area contributed by atoms with Gasteiger partial charge < -0.3 is 24.5 Å². The van der Waals surface area contributed by atoms with Gasteiger partial charge >= 0.3 is 5.97 Å². The van der Waals surface area contributed by atoms with Crippen LogP contribution in [0.2, 0.25) is 0 Å². The summed E-state index contributed by atoms with van der Waals surface area (Å²) >= 11 is 1.57. The maximum absolute atomic E-state index is 14.6. The molecule has 2 fully saturated rings. The Balaban J connectivity index is 1.56. The highest BCUT2D eigenvalue weighted by Crippen LogP contribution is 2.65. The van der Waals surface area contributed by atoms with E-state index in [-0.39, 0.29) is 24.4 Å². The molecule has 4 aliphatic heterocycles. The van der Waals surface area contributed by atoms with Crippen LogP contribution in [-0.4, -0.2) is 82.7 Å². The molecule has 4 heterocycles. The molecule has 9 heteroatoms.